The largest absolute Gasteiger partial charge is 0.335 e. The van der Waals surface area contributed by atoms with E-state index in [4.69, 9.17) is 11.6 Å². The molecule has 1 fully saturated rings. The van der Waals surface area contributed by atoms with E-state index in [-0.39, 0.29) is 11.9 Å². The van der Waals surface area contributed by atoms with Crippen LogP contribution in [0.5, 0.6) is 0 Å². The number of rotatable bonds is 3. The third-order valence-corrected chi connectivity index (χ3v) is 4.28. The van der Waals surface area contributed by atoms with Crippen LogP contribution in [-0.2, 0) is 6.42 Å². The maximum atomic E-state index is 12.7. The summed E-state index contributed by atoms with van der Waals surface area (Å²) in [5.74, 6) is -0.00784. The lowest BCUT2D eigenvalue weighted by Crippen LogP contribution is -2.37. The predicted octanol–water partition coefficient (Wildman–Crippen LogP) is 3.58. The minimum absolute atomic E-state index is 0.00784. The van der Waals surface area contributed by atoms with Crippen LogP contribution in [-0.4, -0.2) is 28.4 Å². The zero-order valence-corrected chi connectivity index (χ0v) is 12.5. The molecule has 3 nitrogen and oxygen atoms in total. The van der Waals surface area contributed by atoms with E-state index in [0.717, 1.165) is 25.8 Å². The third kappa shape index (κ3) is 3.08. The number of hydrogen-bond donors (Lipinski definition) is 0. The van der Waals surface area contributed by atoms with E-state index >= 15 is 0 Å². The van der Waals surface area contributed by atoms with E-state index in [1.54, 1.807) is 18.5 Å². The Hall–Kier alpha value is -1.87. The summed E-state index contributed by atoms with van der Waals surface area (Å²) >= 11 is 6.12. The van der Waals surface area contributed by atoms with Gasteiger partial charge in [-0.3, -0.25) is 9.78 Å². The minimum Gasteiger partial charge on any atom is -0.335 e. The maximum Gasteiger partial charge on any atom is 0.257 e. The van der Waals surface area contributed by atoms with E-state index in [9.17, 15) is 4.79 Å². The van der Waals surface area contributed by atoms with Crippen molar-refractivity contribution in [3.63, 3.8) is 0 Å². The number of benzene rings is 1. The summed E-state index contributed by atoms with van der Waals surface area (Å²) in [7, 11) is 0. The topological polar surface area (TPSA) is 33.2 Å². The first-order chi connectivity index (χ1) is 10.3. The van der Waals surface area contributed by atoms with Gasteiger partial charge in [0.1, 0.15) is 0 Å². The van der Waals surface area contributed by atoms with Crippen molar-refractivity contribution in [2.24, 2.45) is 0 Å². The molecule has 0 radical (unpaired) electrons. The van der Waals surface area contributed by atoms with Gasteiger partial charge in [0, 0.05) is 25.0 Å². The predicted molar refractivity (Wildman–Crippen MR) is 83.5 cm³/mol. The van der Waals surface area contributed by atoms with Crippen molar-refractivity contribution < 1.29 is 4.79 Å². The summed E-state index contributed by atoms with van der Waals surface area (Å²) < 4.78 is 0. The molecule has 0 N–H and O–H groups in total. The van der Waals surface area contributed by atoms with Crippen molar-refractivity contribution in [1.82, 2.24) is 9.88 Å². The van der Waals surface area contributed by atoms with Gasteiger partial charge >= 0.3 is 0 Å². The summed E-state index contributed by atoms with van der Waals surface area (Å²) in [6, 6.07) is 12.2. The van der Waals surface area contributed by atoms with Crippen LogP contribution < -0.4 is 0 Å². The average Bonchev–Trinajstić information content (AvgIpc) is 2.96. The molecule has 3 rings (SSSR count). The van der Waals surface area contributed by atoms with E-state index < -0.39 is 0 Å². The SMILES string of the molecule is O=C(c1cnccc1Cl)N1CCCC1Cc1ccccc1. The number of nitrogens with zero attached hydrogens (tertiary/aromatic N) is 2. The van der Waals surface area contributed by atoms with Gasteiger partial charge in [0.05, 0.1) is 10.6 Å². The van der Waals surface area contributed by atoms with Crippen LogP contribution in [0.25, 0.3) is 0 Å². The molecular weight excluding hydrogens is 284 g/mol. The van der Waals surface area contributed by atoms with Gasteiger partial charge < -0.3 is 4.90 Å². The highest BCUT2D eigenvalue weighted by Gasteiger charge is 2.30. The molecule has 4 heteroatoms. The Balaban J connectivity index is 1.78. The molecule has 0 bridgehead atoms. The van der Waals surface area contributed by atoms with Gasteiger partial charge in [0.2, 0.25) is 0 Å². The lowest BCUT2D eigenvalue weighted by atomic mass is 10.0. The smallest absolute Gasteiger partial charge is 0.257 e. The lowest BCUT2D eigenvalue weighted by Gasteiger charge is -2.25. The number of carbonyl (C=O) groups is 1. The normalized spacial score (nSPS) is 18.0. The summed E-state index contributed by atoms with van der Waals surface area (Å²) in [4.78, 5) is 18.6. The van der Waals surface area contributed by atoms with Crippen molar-refractivity contribution in [1.29, 1.82) is 0 Å². The van der Waals surface area contributed by atoms with Crippen LogP contribution >= 0.6 is 11.6 Å². The zero-order valence-electron chi connectivity index (χ0n) is 11.7. The Morgan fingerprint density at radius 3 is 2.86 bits per heavy atom. The van der Waals surface area contributed by atoms with Crippen molar-refractivity contribution >= 4 is 17.5 Å². The molecule has 2 heterocycles. The summed E-state index contributed by atoms with van der Waals surface area (Å²) in [6.45, 7) is 0.793. The number of carbonyl (C=O) groups excluding carboxylic acids is 1. The molecule has 1 aromatic carbocycles. The second-order valence-corrected chi connectivity index (χ2v) is 5.75. The first kappa shape index (κ1) is 14.1. The maximum absolute atomic E-state index is 12.7. The van der Waals surface area contributed by atoms with Crippen molar-refractivity contribution in [3.05, 3.63) is 64.9 Å². The number of pyridine rings is 1. The van der Waals surface area contributed by atoms with E-state index in [1.165, 1.54) is 5.56 Å². The number of aromatic nitrogens is 1. The fraction of sp³-hybridized carbons (Fsp3) is 0.294. The fourth-order valence-electron chi connectivity index (χ4n) is 2.89. The van der Waals surface area contributed by atoms with Crippen LogP contribution in [0.2, 0.25) is 5.02 Å². The average molecular weight is 301 g/mol. The molecule has 1 saturated heterocycles. The van der Waals surface area contributed by atoms with E-state index in [2.05, 4.69) is 17.1 Å². The summed E-state index contributed by atoms with van der Waals surface area (Å²) in [6.07, 6.45) is 6.14. The molecular formula is C17H17ClN2O. The summed E-state index contributed by atoms with van der Waals surface area (Å²) in [5, 5.41) is 0.473. The molecule has 0 aliphatic carbocycles. The third-order valence-electron chi connectivity index (χ3n) is 3.95. The van der Waals surface area contributed by atoms with E-state index in [1.807, 2.05) is 23.1 Å². The highest BCUT2D eigenvalue weighted by molar-refractivity contribution is 6.33. The Morgan fingerprint density at radius 1 is 1.29 bits per heavy atom. The number of hydrogen-bond acceptors (Lipinski definition) is 2. The molecule has 1 amide bonds. The zero-order chi connectivity index (χ0) is 14.7. The van der Waals surface area contributed by atoms with Crippen molar-refractivity contribution in [3.8, 4) is 0 Å². The van der Waals surface area contributed by atoms with Gasteiger partial charge in [-0.15, -0.1) is 0 Å². The van der Waals surface area contributed by atoms with Gasteiger partial charge in [-0.25, -0.2) is 0 Å². The standard InChI is InChI=1S/C17H17ClN2O/c18-16-8-9-19-12-15(16)17(21)20-10-4-7-14(20)11-13-5-2-1-3-6-13/h1-3,5-6,8-9,12,14H,4,7,10-11H2. The Kier molecular flexibility index (Phi) is 4.20. The highest BCUT2D eigenvalue weighted by Crippen LogP contribution is 2.25. The van der Waals surface area contributed by atoms with Gasteiger partial charge in [-0.2, -0.15) is 0 Å². The molecule has 1 aliphatic heterocycles. The van der Waals surface area contributed by atoms with Crippen LogP contribution in [0.3, 0.4) is 0 Å². The first-order valence-electron chi connectivity index (χ1n) is 7.20. The molecule has 1 atom stereocenters. The Labute approximate surface area is 129 Å². The number of amides is 1. The Bertz CT molecular complexity index is 630. The monoisotopic (exact) mass is 300 g/mol. The number of likely N-dealkylation sites (tertiary alicyclic amines) is 1. The van der Waals surface area contributed by atoms with Gasteiger partial charge in [-0.05, 0) is 30.9 Å². The summed E-state index contributed by atoms with van der Waals surface area (Å²) in [5.41, 5.74) is 1.76. The second kappa shape index (κ2) is 6.27. The molecule has 2 aromatic rings. The fourth-order valence-corrected chi connectivity index (χ4v) is 3.08. The van der Waals surface area contributed by atoms with E-state index in [0.29, 0.717) is 10.6 Å². The Morgan fingerprint density at radius 2 is 2.10 bits per heavy atom. The molecule has 21 heavy (non-hydrogen) atoms. The number of halogens is 1. The quantitative estimate of drug-likeness (QED) is 0.868. The molecule has 108 valence electrons. The van der Waals surface area contributed by atoms with Crippen LogP contribution in [0.1, 0.15) is 28.8 Å². The molecule has 0 spiro atoms. The molecule has 1 aromatic heterocycles. The second-order valence-electron chi connectivity index (χ2n) is 5.34. The molecule has 1 aliphatic rings. The van der Waals surface area contributed by atoms with Gasteiger partial charge in [0.25, 0.3) is 5.91 Å². The lowest BCUT2D eigenvalue weighted by molar-refractivity contribution is 0.0736. The molecule has 1 unspecified atom stereocenters. The van der Waals surface area contributed by atoms with Crippen LogP contribution in [0.4, 0.5) is 0 Å². The van der Waals surface area contributed by atoms with Crippen molar-refractivity contribution in [2.75, 3.05) is 6.54 Å². The van der Waals surface area contributed by atoms with Gasteiger partial charge in [0.15, 0.2) is 0 Å². The van der Waals surface area contributed by atoms with Gasteiger partial charge in [-0.1, -0.05) is 41.9 Å². The molecule has 0 saturated carbocycles. The minimum atomic E-state index is -0.00784. The van der Waals surface area contributed by atoms with Crippen LogP contribution in [0.15, 0.2) is 48.8 Å². The van der Waals surface area contributed by atoms with Crippen LogP contribution in [0, 0.1) is 0 Å². The highest BCUT2D eigenvalue weighted by atomic mass is 35.5. The van der Waals surface area contributed by atoms with Crippen molar-refractivity contribution in [2.45, 2.75) is 25.3 Å². The first-order valence-corrected chi connectivity index (χ1v) is 7.58.